The number of carboxylic acid groups (broad SMARTS) is 2. The van der Waals surface area contributed by atoms with E-state index in [0.717, 1.165) is 0 Å². The molecule has 0 aromatic carbocycles. The van der Waals surface area contributed by atoms with E-state index in [0.29, 0.717) is 0 Å². The Balaban J connectivity index is 5.01. The summed E-state index contributed by atoms with van der Waals surface area (Å²) in [6.45, 7) is -0.670. The zero-order chi connectivity index (χ0) is 24.1. The highest BCUT2D eigenvalue weighted by Gasteiger charge is 2.27. The fourth-order valence-corrected chi connectivity index (χ4v) is 2.20. The average molecular weight is 446 g/mol. The first-order valence-corrected chi connectivity index (χ1v) is 8.97. The molecular formula is C16H26N6O9. The minimum absolute atomic E-state index is 0.276. The average Bonchev–Trinajstić information content (AvgIpc) is 2.64. The van der Waals surface area contributed by atoms with Gasteiger partial charge < -0.3 is 43.4 Å². The molecule has 11 N–H and O–H groups in total. The number of carbonyl (C=O) groups excluding carboxylic acids is 5. The number of amides is 5. The van der Waals surface area contributed by atoms with Gasteiger partial charge in [0.1, 0.15) is 12.1 Å². The maximum absolute atomic E-state index is 12.4. The molecular weight excluding hydrogens is 420 g/mol. The van der Waals surface area contributed by atoms with Crippen LogP contribution in [0, 0.1) is 0 Å². The third-order valence-electron chi connectivity index (χ3n) is 3.78. The van der Waals surface area contributed by atoms with Gasteiger partial charge in [0.25, 0.3) is 0 Å². The quantitative estimate of drug-likeness (QED) is 0.119. The van der Waals surface area contributed by atoms with Crippen molar-refractivity contribution >= 4 is 41.5 Å². The van der Waals surface area contributed by atoms with Crippen molar-refractivity contribution in [3.05, 3.63) is 0 Å². The molecule has 0 saturated carbocycles. The molecule has 0 aliphatic heterocycles. The summed E-state index contributed by atoms with van der Waals surface area (Å²) in [4.78, 5) is 79.7. The molecule has 0 saturated heterocycles. The molecule has 5 amide bonds. The van der Waals surface area contributed by atoms with Crippen LogP contribution in [0.25, 0.3) is 0 Å². The van der Waals surface area contributed by atoms with E-state index in [1.807, 2.05) is 0 Å². The van der Waals surface area contributed by atoms with E-state index in [2.05, 4.69) is 16.0 Å². The maximum atomic E-state index is 12.4. The van der Waals surface area contributed by atoms with Crippen molar-refractivity contribution in [3.63, 3.8) is 0 Å². The van der Waals surface area contributed by atoms with E-state index in [4.69, 9.17) is 27.4 Å². The van der Waals surface area contributed by atoms with Crippen molar-refractivity contribution in [2.45, 2.75) is 50.2 Å². The van der Waals surface area contributed by atoms with Gasteiger partial charge in [-0.15, -0.1) is 0 Å². The Labute approximate surface area is 176 Å². The first kappa shape index (κ1) is 27.2. The Morgan fingerprint density at radius 2 is 1.29 bits per heavy atom. The number of carboxylic acids is 2. The Hall–Kier alpha value is -3.75. The Kier molecular flexibility index (Phi) is 11.8. The lowest BCUT2D eigenvalue weighted by molar-refractivity contribution is -0.142. The largest absolute Gasteiger partial charge is 0.481 e. The van der Waals surface area contributed by atoms with Crippen LogP contribution in [-0.2, 0) is 33.6 Å². The number of primary amides is 2. The normalized spacial score (nSPS) is 13.2. The van der Waals surface area contributed by atoms with Crippen LogP contribution in [0.2, 0.25) is 0 Å². The predicted octanol–water partition coefficient (Wildman–Crippen LogP) is -4.51. The smallest absolute Gasteiger partial charge is 0.326 e. The lowest BCUT2D eigenvalue weighted by Crippen LogP contribution is -2.54. The number of aliphatic carboxylic acids is 2. The van der Waals surface area contributed by atoms with E-state index >= 15 is 0 Å². The topological polar surface area (TPSA) is 274 Å². The van der Waals surface area contributed by atoms with E-state index in [1.165, 1.54) is 0 Å². The monoisotopic (exact) mass is 446 g/mol. The summed E-state index contributed by atoms with van der Waals surface area (Å²) >= 11 is 0. The zero-order valence-corrected chi connectivity index (χ0v) is 16.5. The van der Waals surface area contributed by atoms with Crippen LogP contribution in [0.5, 0.6) is 0 Å². The van der Waals surface area contributed by atoms with Gasteiger partial charge in [0.2, 0.25) is 29.5 Å². The first-order chi connectivity index (χ1) is 14.3. The van der Waals surface area contributed by atoms with Crippen LogP contribution >= 0.6 is 0 Å². The Morgan fingerprint density at radius 1 is 0.774 bits per heavy atom. The number of rotatable bonds is 15. The van der Waals surface area contributed by atoms with Crippen molar-refractivity contribution < 1.29 is 43.8 Å². The number of carbonyl (C=O) groups is 7. The molecule has 0 spiro atoms. The fraction of sp³-hybridized carbons (Fsp3) is 0.562. The SMILES string of the molecule is NC(=O)CCC(NC(=O)C(CCC(N)=O)NC(=O)CNC(=O)C(N)CC(=O)O)C(=O)O. The molecule has 15 heteroatoms. The molecule has 31 heavy (non-hydrogen) atoms. The van der Waals surface area contributed by atoms with Crippen molar-refractivity contribution in [2.75, 3.05) is 6.54 Å². The van der Waals surface area contributed by atoms with Gasteiger partial charge in [-0.1, -0.05) is 0 Å². The van der Waals surface area contributed by atoms with Crippen LogP contribution in [0.15, 0.2) is 0 Å². The predicted molar refractivity (Wildman–Crippen MR) is 102 cm³/mol. The summed E-state index contributed by atoms with van der Waals surface area (Å²) < 4.78 is 0. The van der Waals surface area contributed by atoms with Crippen molar-refractivity contribution in [1.29, 1.82) is 0 Å². The van der Waals surface area contributed by atoms with Gasteiger partial charge in [-0.3, -0.25) is 28.8 Å². The number of hydrogen-bond donors (Lipinski definition) is 8. The molecule has 0 aromatic rings. The van der Waals surface area contributed by atoms with E-state index < -0.39 is 72.6 Å². The second-order valence-electron chi connectivity index (χ2n) is 6.45. The maximum Gasteiger partial charge on any atom is 0.326 e. The standard InChI is InChI=1S/C16H26N6O9/c17-7(5-13(26)27)14(28)20-6-12(25)21-8(1-3-10(18)23)15(29)22-9(16(30)31)2-4-11(19)24/h7-9H,1-6,17H2,(H2,18,23)(H2,19,24)(H,20,28)(H,21,25)(H,22,29)(H,26,27)(H,30,31). The van der Waals surface area contributed by atoms with Gasteiger partial charge in [0.05, 0.1) is 19.0 Å². The molecule has 0 radical (unpaired) electrons. The molecule has 0 aromatic heterocycles. The number of hydrogen-bond acceptors (Lipinski definition) is 8. The summed E-state index contributed by atoms with van der Waals surface area (Å²) in [7, 11) is 0. The fourth-order valence-electron chi connectivity index (χ4n) is 2.20. The lowest BCUT2D eigenvalue weighted by atomic mass is 10.1. The van der Waals surface area contributed by atoms with Crippen LogP contribution in [0.4, 0.5) is 0 Å². The molecule has 0 bridgehead atoms. The molecule has 0 fully saturated rings. The van der Waals surface area contributed by atoms with Gasteiger partial charge >= 0.3 is 11.9 Å². The molecule has 3 atom stereocenters. The lowest BCUT2D eigenvalue weighted by Gasteiger charge is -2.21. The van der Waals surface area contributed by atoms with Crippen LogP contribution in [-0.4, -0.2) is 76.4 Å². The molecule has 174 valence electrons. The second kappa shape index (κ2) is 13.5. The second-order valence-corrected chi connectivity index (χ2v) is 6.45. The van der Waals surface area contributed by atoms with Crippen molar-refractivity contribution in [2.24, 2.45) is 17.2 Å². The van der Waals surface area contributed by atoms with Crippen molar-refractivity contribution in [1.82, 2.24) is 16.0 Å². The van der Waals surface area contributed by atoms with Gasteiger partial charge in [-0.05, 0) is 12.8 Å². The summed E-state index contributed by atoms with van der Waals surface area (Å²) in [5, 5.41) is 24.1. The third-order valence-corrected chi connectivity index (χ3v) is 3.78. The van der Waals surface area contributed by atoms with Gasteiger partial charge in [0.15, 0.2) is 0 Å². The number of nitrogens with two attached hydrogens (primary N) is 3. The molecule has 3 unspecified atom stereocenters. The van der Waals surface area contributed by atoms with Gasteiger partial charge in [-0.2, -0.15) is 0 Å². The van der Waals surface area contributed by atoms with Crippen LogP contribution < -0.4 is 33.2 Å². The molecule has 0 heterocycles. The highest BCUT2D eigenvalue weighted by molar-refractivity contribution is 5.93. The molecule has 0 aliphatic carbocycles. The highest BCUT2D eigenvalue weighted by Crippen LogP contribution is 2.02. The highest BCUT2D eigenvalue weighted by atomic mass is 16.4. The van der Waals surface area contributed by atoms with E-state index in [1.54, 1.807) is 0 Å². The molecule has 0 aliphatic rings. The molecule has 15 nitrogen and oxygen atoms in total. The Morgan fingerprint density at radius 3 is 1.74 bits per heavy atom. The van der Waals surface area contributed by atoms with Gasteiger partial charge in [0, 0.05) is 12.8 Å². The summed E-state index contributed by atoms with van der Waals surface area (Å²) in [5.41, 5.74) is 15.3. The van der Waals surface area contributed by atoms with Crippen LogP contribution in [0.1, 0.15) is 32.1 Å². The zero-order valence-electron chi connectivity index (χ0n) is 16.5. The minimum atomic E-state index is -1.48. The van der Waals surface area contributed by atoms with E-state index in [-0.39, 0.29) is 25.7 Å². The summed E-state index contributed by atoms with van der Waals surface area (Å²) in [6, 6.07) is -4.28. The number of nitrogens with one attached hydrogen (secondary N) is 3. The van der Waals surface area contributed by atoms with Crippen LogP contribution in [0.3, 0.4) is 0 Å². The molecule has 0 rings (SSSR count). The Bertz CT molecular complexity index is 726. The van der Waals surface area contributed by atoms with Crippen molar-refractivity contribution in [3.8, 4) is 0 Å². The van der Waals surface area contributed by atoms with Gasteiger partial charge in [-0.25, -0.2) is 4.79 Å². The van der Waals surface area contributed by atoms with E-state index in [9.17, 15) is 33.6 Å². The minimum Gasteiger partial charge on any atom is -0.481 e. The first-order valence-electron chi connectivity index (χ1n) is 8.97. The summed E-state index contributed by atoms with van der Waals surface area (Å²) in [5.74, 6) is -7.13. The summed E-state index contributed by atoms with van der Waals surface area (Å²) in [6.07, 6.45) is -1.89. The third kappa shape index (κ3) is 12.4.